The molecule has 4 heteroatoms. The number of nitrogens with zero attached hydrogens (tertiary/aromatic N) is 3. The van der Waals surface area contributed by atoms with Gasteiger partial charge in [-0.25, -0.2) is 4.98 Å². The molecule has 2 heterocycles. The topological polar surface area (TPSA) is 50.9 Å². The van der Waals surface area contributed by atoms with Crippen LogP contribution in [-0.2, 0) is 5.41 Å². The lowest BCUT2D eigenvalue weighted by Crippen LogP contribution is -2.11. The lowest BCUT2D eigenvalue weighted by atomic mass is 9.83. The van der Waals surface area contributed by atoms with E-state index in [1.54, 1.807) is 50.5 Å². The number of phenolic OH excluding ortho intramolecular Hbond substituents is 1. The van der Waals surface area contributed by atoms with Crippen LogP contribution in [0.15, 0.2) is 133 Å². The molecule has 0 aliphatic heterocycles. The average molecular weight is 843 g/mol. The predicted molar refractivity (Wildman–Crippen MR) is 268 cm³/mol. The fourth-order valence-electron chi connectivity index (χ4n) is 7.97. The first-order valence-electron chi connectivity index (χ1n) is 28.0. The number of pyridine rings is 1. The van der Waals surface area contributed by atoms with Gasteiger partial charge in [0.05, 0.1) is 38.9 Å². The van der Waals surface area contributed by atoms with E-state index in [0.717, 1.165) is 11.1 Å². The van der Waals surface area contributed by atoms with Crippen molar-refractivity contribution in [3.8, 4) is 67.5 Å². The molecule has 63 heavy (non-hydrogen) atoms. The second-order valence-corrected chi connectivity index (χ2v) is 18.5. The standard InChI is InChI=1S/C59H63N3O/c1-35(2)43-26-44(36(3)4)28-46(27-43)41-21-22-54(39(9)25-41)62-55-20-16-19-50(56(55)61-58(62)52-33-45(37(5)6)32-51(38(7)8)57(52)63)47-29-48(31-49(30-47)59(10,11)12)53-34-42(23-24-60-53)40-17-14-13-15-18-40/h13-38,63H,1-12H3/i9D3,13D,14D,15D,17D,18D,23D,24D,34D,35D,36D. The molecule has 0 saturated heterocycles. The number of rotatable bonds is 10. The first-order chi connectivity index (χ1) is 35.1. The largest absolute Gasteiger partial charge is 0.507 e. The van der Waals surface area contributed by atoms with Gasteiger partial charge in [-0.3, -0.25) is 9.55 Å². The van der Waals surface area contributed by atoms with Crippen molar-refractivity contribution < 1.29 is 22.9 Å². The Labute approximate surface area is 394 Å². The van der Waals surface area contributed by atoms with Crippen LogP contribution in [-0.4, -0.2) is 19.6 Å². The molecule has 6 aromatic carbocycles. The summed E-state index contributed by atoms with van der Waals surface area (Å²) in [7, 11) is 0. The van der Waals surface area contributed by atoms with Gasteiger partial charge < -0.3 is 5.11 Å². The maximum absolute atomic E-state index is 12.3. The number of benzene rings is 6. The number of aromatic nitrogens is 3. The van der Waals surface area contributed by atoms with Gasteiger partial charge >= 0.3 is 0 Å². The van der Waals surface area contributed by atoms with Crippen LogP contribution in [0.2, 0.25) is 0 Å². The van der Waals surface area contributed by atoms with Gasteiger partial charge in [0.25, 0.3) is 0 Å². The molecular weight excluding hydrogens is 767 g/mol. The van der Waals surface area contributed by atoms with E-state index >= 15 is 0 Å². The number of para-hydroxylation sites is 1. The summed E-state index contributed by atoms with van der Waals surface area (Å²) in [5.41, 5.74) is 6.82. The van der Waals surface area contributed by atoms with E-state index < -0.39 is 72.5 Å². The van der Waals surface area contributed by atoms with Crippen LogP contribution in [0, 0.1) is 6.85 Å². The molecule has 0 saturated carbocycles. The van der Waals surface area contributed by atoms with Crippen molar-refractivity contribution in [2.24, 2.45) is 0 Å². The Morgan fingerprint density at radius 2 is 1.37 bits per heavy atom. The molecule has 2 aromatic heterocycles. The van der Waals surface area contributed by atoms with E-state index in [1.807, 2.05) is 101 Å². The third kappa shape index (κ3) is 8.61. The number of fused-ring (bicyclic) bond motifs is 1. The quantitative estimate of drug-likeness (QED) is 0.149. The summed E-state index contributed by atoms with van der Waals surface area (Å²) in [6, 6.07) is 21.7. The van der Waals surface area contributed by atoms with Crippen molar-refractivity contribution >= 4 is 11.0 Å². The van der Waals surface area contributed by atoms with Crippen LogP contribution in [0.25, 0.3) is 72.7 Å². The predicted octanol–water partition coefficient (Wildman–Crippen LogP) is 16.6. The lowest BCUT2D eigenvalue weighted by molar-refractivity contribution is 0.466. The maximum Gasteiger partial charge on any atom is 0.149 e. The summed E-state index contributed by atoms with van der Waals surface area (Å²) >= 11 is 0. The van der Waals surface area contributed by atoms with E-state index in [0.29, 0.717) is 61.1 Å². The number of aromatic hydroxyl groups is 1. The number of hydrogen-bond donors (Lipinski definition) is 1. The summed E-state index contributed by atoms with van der Waals surface area (Å²) in [6.45, 7) is 18.5. The van der Waals surface area contributed by atoms with Gasteiger partial charge in [-0.15, -0.1) is 0 Å². The summed E-state index contributed by atoms with van der Waals surface area (Å²) in [4.78, 5) is 9.83. The number of phenols is 1. The third-order valence-corrected chi connectivity index (χ3v) is 11.8. The lowest BCUT2D eigenvalue weighted by Gasteiger charge is -2.22. The zero-order valence-corrected chi connectivity index (χ0v) is 38.0. The molecule has 0 bridgehead atoms. The number of aryl methyl sites for hydroxylation is 1. The molecule has 0 radical (unpaired) electrons. The molecule has 0 aliphatic rings. The molecule has 0 spiro atoms. The van der Waals surface area contributed by atoms with Crippen molar-refractivity contribution in [1.82, 2.24) is 14.5 Å². The maximum atomic E-state index is 12.3. The summed E-state index contributed by atoms with van der Waals surface area (Å²) in [5, 5.41) is 12.3. The first kappa shape index (κ1) is 29.9. The molecule has 8 aromatic rings. The molecule has 8 rings (SSSR count). The molecule has 0 unspecified atom stereocenters. The van der Waals surface area contributed by atoms with Gasteiger partial charge in [0.1, 0.15) is 11.6 Å². The van der Waals surface area contributed by atoms with Gasteiger partial charge in [0, 0.05) is 24.2 Å². The Balaban J connectivity index is 1.47. The van der Waals surface area contributed by atoms with Gasteiger partial charge in [-0.1, -0.05) is 155 Å². The van der Waals surface area contributed by atoms with Crippen LogP contribution in [0.5, 0.6) is 5.75 Å². The van der Waals surface area contributed by atoms with E-state index in [1.165, 1.54) is 0 Å². The zero-order chi connectivity index (χ0) is 56.2. The second-order valence-electron chi connectivity index (χ2n) is 18.5. The Hall–Kier alpha value is -6.26. The summed E-state index contributed by atoms with van der Waals surface area (Å²) in [6.07, 6.45) is -0.560. The molecule has 320 valence electrons. The third-order valence-electron chi connectivity index (χ3n) is 11.8. The number of hydrogen-bond acceptors (Lipinski definition) is 3. The molecular formula is C59H63N3O. The Kier molecular flexibility index (Phi) is 8.14. The van der Waals surface area contributed by atoms with E-state index in [2.05, 4.69) is 18.8 Å². The fourth-order valence-corrected chi connectivity index (χ4v) is 7.97. The van der Waals surface area contributed by atoms with Crippen molar-refractivity contribution in [1.29, 1.82) is 0 Å². The van der Waals surface area contributed by atoms with E-state index in [-0.39, 0.29) is 51.5 Å². The minimum absolute atomic E-state index is 0.00468. The molecule has 1 N–H and O–H groups in total. The zero-order valence-electron chi connectivity index (χ0n) is 51.0. The Bertz CT molecular complexity index is 3590. The first-order valence-corrected chi connectivity index (χ1v) is 21.5. The van der Waals surface area contributed by atoms with Gasteiger partial charge in [-0.05, 0) is 146 Å². The number of imidazole rings is 1. The molecule has 0 atom stereocenters. The highest BCUT2D eigenvalue weighted by atomic mass is 16.3. The SMILES string of the molecule is [2H]c1nc(-c2cc(-c3cccc4c3nc(-c3cc(C(C)C)cc(C(C)C)c3O)n4-c3ccc(-c4cc(C([2H])(C)C)cc(C([2H])(C)C)c4)cc3C([2H])([2H])[2H])cc(C(C)(C)C)c2)c([2H])c(-c2c([2H])c([2H])c([2H])c([2H])c2[2H])c1[2H]. The van der Waals surface area contributed by atoms with Crippen LogP contribution >= 0.6 is 0 Å². The van der Waals surface area contributed by atoms with E-state index in [4.69, 9.17) is 21.4 Å². The molecule has 0 amide bonds. The van der Waals surface area contributed by atoms with E-state index in [9.17, 15) is 6.48 Å². The smallest absolute Gasteiger partial charge is 0.149 e. The highest BCUT2D eigenvalue weighted by Crippen LogP contribution is 2.44. The minimum Gasteiger partial charge on any atom is -0.507 e. The van der Waals surface area contributed by atoms with Crippen LogP contribution < -0.4 is 0 Å². The molecule has 0 aliphatic carbocycles. The summed E-state index contributed by atoms with van der Waals surface area (Å²) in [5.74, 6) is -1.84. The van der Waals surface area contributed by atoms with Gasteiger partial charge in [0.15, 0.2) is 0 Å². The highest BCUT2D eigenvalue weighted by molar-refractivity contribution is 5.97. The fraction of sp³-hybridized carbons (Fsp3) is 0.288. The van der Waals surface area contributed by atoms with Crippen LogP contribution in [0.1, 0.15) is 151 Å². The van der Waals surface area contributed by atoms with Gasteiger partial charge in [0.2, 0.25) is 0 Å². The van der Waals surface area contributed by atoms with Crippen LogP contribution in [0.4, 0.5) is 0 Å². The van der Waals surface area contributed by atoms with Crippen LogP contribution in [0.3, 0.4) is 0 Å². The van der Waals surface area contributed by atoms with Gasteiger partial charge in [-0.2, -0.15) is 0 Å². The molecule has 4 nitrogen and oxygen atoms in total. The normalized spacial score (nSPS) is 15.6. The van der Waals surface area contributed by atoms with Crippen molar-refractivity contribution in [3.05, 3.63) is 167 Å². The minimum atomic E-state index is -2.69. The van der Waals surface area contributed by atoms with Crippen molar-refractivity contribution in [2.45, 2.75) is 112 Å². The molecule has 0 fully saturated rings. The second kappa shape index (κ2) is 17.1. The van der Waals surface area contributed by atoms with Crippen molar-refractivity contribution in [3.63, 3.8) is 0 Å². The summed E-state index contributed by atoms with van der Waals surface area (Å²) < 4.78 is 117. The monoisotopic (exact) mass is 843 g/mol. The Morgan fingerprint density at radius 3 is 2.02 bits per heavy atom. The Morgan fingerprint density at radius 1 is 0.651 bits per heavy atom. The van der Waals surface area contributed by atoms with Crippen molar-refractivity contribution in [2.75, 3.05) is 0 Å². The average Bonchev–Trinajstić information content (AvgIpc) is 3.73. The highest BCUT2D eigenvalue weighted by Gasteiger charge is 2.25.